The second-order valence-electron chi connectivity index (χ2n) is 8.07. The second kappa shape index (κ2) is 6.53. The number of hydrogen-bond acceptors (Lipinski definition) is 4. The number of imidazole rings is 1. The first kappa shape index (κ1) is 17.9. The van der Waals surface area contributed by atoms with Gasteiger partial charge in [0, 0.05) is 29.6 Å². The van der Waals surface area contributed by atoms with Crippen LogP contribution in [-0.2, 0) is 7.05 Å². The highest BCUT2D eigenvalue weighted by molar-refractivity contribution is 5.89. The minimum Gasteiger partial charge on any atom is -0.337 e. The van der Waals surface area contributed by atoms with Crippen LogP contribution >= 0.6 is 0 Å². The van der Waals surface area contributed by atoms with Gasteiger partial charge in [-0.3, -0.25) is 9.25 Å². The number of nitrogens with one attached hydrogen (secondary N) is 2. The third-order valence-corrected chi connectivity index (χ3v) is 5.90. The summed E-state index contributed by atoms with van der Waals surface area (Å²) in [6, 6.07) is 16.4. The van der Waals surface area contributed by atoms with E-state index in [-0.39, 0.29) is 11.7 Å². The van der Waals surface area contributed by atoms with Gasteiger partial charge in [-0.15, -0.1) is 0 Å². The first-order valence-corrected chi connectivity index (χ1v) is 10.4. The van der Waals surface area contributed by atoms with Gasteiger partial charge in [0.15, 0.2) is 5.82 Å². The molecule has 1 fully saturated rings. The van der Waals surface area contributed by atoms with Crippen LogP contribution < -0.4 is 5.69 Å². The second-order valence-corrected chi connectivity index (χ2v) is 8.07. The molecule has 6 rings (SSSR count). The average molecular weight is 411 g/mol. The van der Waals surface area contributed by atoms with Crippen LogP contribution in [0, 0.1) is 6.92 Å². The number of benzene rings is 2. The van der Waals surface area contributed by atoms with Crippen molar-refractivity contribution in [2.45, 2.75) is 25.8 Å². The van der Waals surface area contributed by atoms with E-state index >= 15 is 0 Å². The minimum atomic E-state index is -0.189. The number of aromatic nitrogens is 7. The van der Waals surface area contributed by atoms with Gasteiger partial charge in [-0.1, -0.05) is 36.4 Å². The Hall–Kier alpha value is -3.94. The van der Waals surface area contributed by atoms with Crippen LogP contribution in [0.4, 0.5) is 0 Å². The maximum absolute atomic E-state index is 12.4. The van der Waals surface area contributed by atoms with Crippen LogP contribution in [0.2, 0.25) is 0 Å². The Bertz CT molecular complexity index is 1480. The normalized spacial score (nSPS) is 13.9. The lowest BCUT2D eigenvalue weighted by Gasteiger charge is -2.05. The standard InChI is InChI=1S/C23H21N7O/c1-13-17-12-15(8-11-18(17)29(2)28-13)19-20(22-26-27-23(31)30(22)16-9-10-16)25-21(24-19)14-6-4-3-5-7-14/h3-8,11-12,16H,9-10H2,1-2H3,(H,24,25)(H,27,31). The van der Waals surface area contributed by atoms with E-state index in [2.05, 4.69) is 38.5 Å². The SMILES string of the molecule is Cc1nn(C)c2ccc(-c3[nH]c(-c4ccccc4)nc3-c3n[nH]c(=O)n3C3CC3)cc12. The number of aryl methyl sites for hydroxylation is 2. The topological polar surface area (TPSA) is 97.2 Å². The van der Waals surface area contributed by atoms with Gasteiger partial charge >= 0.3 is 5.69 Å². The summed E-state index contributed by atoms with van der Waals surface area (Å²) < 4.78 is 3.62. The highest BCUT2D eigenvalue weighted by Gasteiger charge is 2.31. The number of nitrogens with zero attached hydrogens (tertiary/aromatic N) is 5. The summed E-state index contributed by atoms with van der Waals surface area (Å²) in [5.74, 6) is 1.32. The van der Waals surface area contributed by atoms with Crippen molar-refractivity contribution < 1.29 is 0 Å². The molecule has 1 saturated carbocycles. The van der Waals surface area contributed by atoms with Gasteiger partial charge in [-0.25, -0.2) is 14.9 Å². The van der Waals surface area contributed by atoms with Crippen molar-refractivity contribution in [2.24, 2.45) is 7.05 Å². The zero-order chi connectivity index (χ0) is 21.1. The molecule has 0 saturated heterocycles. The van der Waals surface area contributed by atoms with Gasteiger partial charge in [0.25, 0.3) is 0 Å². The Morgan fingerprint density at radius 1 is 1.06 bits per heavy atom. The lowest BCUT2D eigenvalue weighted by atomic mass is 10.1. The highest BCUT2D eigenvalue weighted by atomic mass is 16.1. The largest absolute Gasteiger partial charge is 0.343 e. The molecule has 0 spiro atoms. The number of aromatic amines is 2. The molecule has 0 bridgehead atoms. The Labute approximate surface area is 177 Å². The highest BCUT2D eigenvalue weighted by Crippen LogP contribution is 2.39. The van der Waals surface area contributed by atoms with Crippen molar-refractivity contribution in [1.29, 1.82) is 0 Å². The lowest BCUT2D eigenvalue weighted by molar-refractivity contribution is 0.715. The molecule has 154 valence electrons. The van der Waals surface area contributed by atoms with Crippen molar-refractivity contribution in [1.82, 2.24) is 34.5 Å². The number of hydrogen-bond donors (Lipinski definition) is 2. The van der Waals surface area contributed by atoms with Gasteiger partial charge in [-0.05, 0) is 31.9 Å². The molecule has 0 amide bonds. The van der Waals surface area contributed by atoms with E-state index in [1.807, 2.05) is 49.0 Å². The smallest absolute Gasteiger partial charge is 0.337 e. The molecule has 8 nitrogen and oxygen atoms in total. The Kier molecular flexibility index (Phi) is 3.77. The molecule has 3 aromatic heterocycles. The van der Waals surface area contributed by atoms with E-state index in [9.17, 15) is 4.79 Å². The molecule has 0 atom stereocenters. The predicted molar refractivity (Wildman–Crippen MR) is 119 cm³/mol. The molecule has 0 unspecified atom stereocenters. The fourth-order valence-corrected chi connectivity index (χ4v) is 4.22. The fourth-order valence-electron chi connectivity index (χ4n) is 4.22. The van der Waals surface area contributed by atoms with Crippen molar-refractivity contribution in [3.8, 4) is 34.2 Å². The molecular weight excluding hydrogens is 390 g/mol. The van der Waals surface area contributed by atoms with E-state index in [1.165, 1.54) is 0 Å². The lowest BCUT2D eigenvalue weighted by Crippen LogP contribution is -2.16. The molecule has 0 aliphatic heterocycles. The van der Waals surface area contributed by atoms with Gasteiger partial charge in [0.2, 0.25) is 0 Å². The summed E-state index contributed by atoms with van der Waals surface area (Å²) in [6.07, 6.45) is 1.97. The average Bonchev–Trinajstić information content (AvgIpc) is 3.29. The molecule has 8 heteroatoms. The molecule has 0 radical (unpaired) electrons. The predicted octanol–water partition coefficient (Wildman–Crippen LogP) is 3.83. The fraction of sp³-hybridized carbons (Fsp3) is 0.217. The molecule has 1 aliphatic carbocycles. The van der Waals surface area contributed by atoms with E-state index in [0.29, 0.717) is 11.5 Å². The molecule has 5 aromatic rings. The quantitative estimate of drug-likeness (QED) is 0.470. The maximum atomic E-state index is 12.4. The van der Waals surface area contributed by atoms with E-state index in [4.69, 9.17) is 4.98 Å². The summed E-state index contributed by atoms with van der Waals surface area (Å²) in [5.41, 5.74) is 5.32. The van der Waals surface area contributed by atoms with E-state index in [0.717, 1.165) is 52.1 Å². The van der Waals surface area contributed by atoms with Gasteiger partial charge in [-0.2, -0.15) is 10.2 Å². The summed E-state index contributed by atoms with van der Waals surface area (Å²) in [5, 5.41) is 12.6. The summed E-state index contributed by atoms with van der Waals surface area (Å²) >= 11 is 0. The molecule has 3 heterocycles. The third-order valence-electron chi connectivity index (χ3n) is 5.90. The zero-order valence-electron chi connectivity index (χ0n) is 17.3. The van der Waals surface area contributed by atoms with Gasteiger partial charge in [0.05, 0.1) is 16.9 Å². The van der Waals surface area contributed by atoms with Gasteiger partial charge < -0.3 is 4.98 Å². The Balaban J connectivity index is 1.60. The molecule has 2 N–H and O–H groups in total. The maximum Gasteiger partial charge on any atom is 0.343 e. The summed E-state index contributed by atoms with van der Waals surface area (Å²) in [6.45, 7) is 2.01. The first-order chi connectivity index (χ1) is 15.1. The van der Waals surface area contributed by atoms with Crippen LogP contribution in [0.25, 0.3) is 45.1 Å². The van der Waals surface area contributed by atoms with E-state index < -0.39 is 0 Å². The van der Waals surface area contributed by atoms with Crippen molar-refractivity contribution in [2.75, 3.05) is 0 Å². The van der Waals surface area contributed by atoms with Crippen molar-refractivity contribution in [3.05, 3.63) is 64.7 Å². The van der Waals surface area contributed by atoms with Crippen LogP contribution in [0.5, 0.6) is 0 Å². The van der Waals surface area contributed by atoms with Crippen molar-refractivity contribution in [3.63, 3.8) is 0 Å². The number of fused-ring (bicyclic) bond motifs is 1. The first-order valence-electron chi connectivity index (χ1n) is 10.4. The number of rotatable bonds is 4. The molecular formula is C23H21N7O. The van der Waals surface area contributed by atoms with E-state index in [1.54, 1.807) is 4.57 Å². The third kappa shape index (κ3) is 2.83. The van der Waals surface area contributed by atoms with Gasteiger partial charge in [0.1, 0.15) is 11.5 Å². The Morgan fingerprint density at radius 3 is 2.65 bits per heavy atom. The monoisotopic (exact) mass is 411 g/mol. The van der Waals surface area contributed by atoms with Crippen LogP contribution in [0.1, 0.15) is 24.6 Å². The van der Waals surface area contributed by atoms with Crippen molar-refractivity contribution >= 4 is 10.9 Å². The molecule has 2 aromatic carbocycles. The Morgan fingerprint density at radius 2 is 1.87 bits per heavy atom. The summed E-state index contributed by atoms with van der Waals surface area (Å²) in [4.78, 5) is 20.8. The van der Waals surface area contributed by atoms with Crippen LogP contribution in [0.15, 0.2) is 53.3 Å². The zero-order valence-corrected chi connectivity index (χ0v) is 17.3. The van der Waals surface area contributed by atoms with Crippen LogP contribution in [-0.4, -0.2) is 34.5 Å². The molecule has 1 aliphatic rings. The molecule has 31 heavy (non-hydrogen) atoms. The minimum absolute atomic E-state index is 0.189. The summed E-state index contributed by atoms with van der Waals surface area (Å²) in [7, 11) is 1.95. The number of H-pyrrole nitrogens is 2. The van der Waals surface area contributed by atoms with Crippen LogP contribution in [0.3, 0.4) is 0 Å².